The first-order chi connectivity index (χ1) is 7.00. The Morgan fingerprint density at radius 2 is 2.13 bits per heavy atom. The van der Waals surface area contributed by atoms with Crippen LogP contribution in [0.1, 0.15) is 32.6 Å². The summed E-state index contributed by atoms with van der Waals surface area (Å²) in [6.45, 7) is 2.60. The lowest BCUT2D eigenvalue weighted by molar-refractivity contribution is -0.187. The molecule has 1 saturated heterocycles. The summed E-state index contributed by atoms with van der Waals surface area (Å²) < 4.78 is 38.3. The number of rotatable bonds is 4. The smallest absolute Gasteiger partial charge is 0.330 e. The number of hydrogen-bond donors (Lipinski definition) is 1. The van der Waals surface area contributed by atoms with Crippen LogP contribution in [0.15, 0.2) is 0 Å². The third kappa shape index (κ3) is 3.08. The monoisotopic (exact) mass is 224 g/mol. The van der Waals surface area contributed by atoms with Gasteiger partial charge in [-0.25, -0.2) is 0 Å². The van der Waals surface area contributed by atoms with E-state index in [1.54, 1.807) is 4.90 Å². The highest BCUT2D eigenvalue weighted by Crippen LogP contribution is 2.33. The van der Waals surface area contributed by atoms with Gasteiger partial charge in [-0.15, -0.1) is 0 Å². The topological polar surface area (TPSA) is 29.3 Å². The van der Waals surface area contributed by atoms with Gasteiger partial charge in [-0.1, -0.05) is 6.92 Å². The van der Waals surface area contributed by atoms with Crippen molar-refractivity contribution < 1.29 is 13.2 Å². The van der Waals surface area contributed by atoms with Crippen molar-refractivity contribution in [3.63, 3.8) is 0 Å². The minimum atomic E-state index is -4.14. The highest BCUT2D eigenvalue weighted by Gasteiger charge is 2.45. The van der Waals surface area contributed by atoms with Gasteiger partial charge in [-0.2, -0.15) is 13.2 Å². The lowest BCUT2D eigenvalue weighted by Gasteiger charge is -2.33. The van der Waals surface area contributed by atoms with E-state index in [2.05, 4.69) is 0 Å². The predicted octanol–water partition coefficient (Wildman–Crippen LogP) is 2.14. The number of likely N-dealkylation sites (tertiary alicyclic amines) is 1. The van der Waals surface area contributed by atoms with Gasteiger partial charge in [0.25, 0.3) is 0 Å². The molecule has 0 bridgehead atoms. The fourth-order valence-corrected chi connectivity index (χ4v) is 2.38. The number of nitrogens with zero attached hydrogens (tertiary/aromatic N) is 1. The molecule has 1 aliphatic rings. The maximum Gasteiger partial charge on any atom is 0.404 e. The maximum absolute atomic E-state index is 12.8. The number of alkyl halides is 3. The first kappa shape index (κ1) is 12.8. The van der Waals surface area contributed by atoms with Gasteiger partial charge in [0.1, 0.15) is 6.04 Å². The first-order valence-corrected chi connectivity index (χ1v) is 5.53. The Kier molecular flexibility index (Phi) is 4.40. The quantitative estimate of drug-likeness (QED) is 0.792. The second-order valence-electron chi connectivity index (χ2n) is 4.08. The molecule has 0 aromatic carbocycles. The van der Waals surface area contributed by atoms with E-state index in [0.717, 1.165) is 19.3 Å². The van der Waals surface area contributed by atoms with Crippen LogP contribution in [0.2, 0.25) is 0 Å². The van der Waals surface area contributed by atoms with Crippen molar-refractivity contribution in [3.8, 4) is 0 Å². The van der Waals surface area contributed by atoms with Crippen LogP contribution in [-0.2, 0) is 0 Å². The number of hydrogen-bond acceptors (Lipinski definition) is 2. The molecule has 0 aromatic heterocycles. The fraction of sp³-hybridized carbons (Fsp3) is 1.00. The van der Waals surface area contributed by atoms with Crippen LogP contribution in [0.4, 0.5) is 13.2 Å². The van der Waals surface area contributed by atoms with Gasteiger partial charge in [-0.3, -0.25) is 4.90 Å². The van der Waals surface area contributed by atoms with Crippen molar-refractivity contribution >= 4 is 0 Å². The van der Waals surface area contributed by atoms with Crippen LogP contribution in [-0.4, -0.2) is 36.2 Å². The molecule has 1 aliphatic heterocycles. The minimum absolute atomic E-state index is 0.0139. The second-order valence-corrected chi connectivity index (χ2v) is 4.08. The van der Waals surface area contributed by atoms with Crippen LogP contribution >= 0.6 is 0 Å². The van der Waals surface area contributed by atoms with Crippen LogP contribution in [0.25, 0.3) is 0 Å². The molecule has 0 aliphatic carbocycles. The lowest BCUT2D eigenvalue weighted by Crippen LogP contribution is -2.48. The van der Waals surface area contributed by atoms with E-state index in [4.69, 9.17) is 5.73 Å². The molecule has 15 heavy (non-hydrogen) atoms. The molecule has 0 saturated carbocycles. The fourth-order valence-electron chi connectivity index (χ4n) is 2.38. The van der Waals surface area contributed by atoms with E-state index in [-0.39, 0.29) is 19.0 Å². The molecular formula is C10H19F3N2. The summed E-state index contributed by atoms with van der Waals surface area (Å²) in [7, 11) is 0. The molecule has 0 amide bonds. The van der Waals surface area contributed by atoms with Crippen LogP contribution in [0.3, 0.4) is 0 Å². The van der Waals surface area contributed by atoms with Gasteiger partial charge in [-0.05, 0) is 38.8 Å². The molecule has 2 atom stereocenters. The van der Waals surface area contributed by atoms with Gasteiger partial charge in [0.15, 0.2) is 0 Å². The molecule has 5 heteroatoms. The Bertz CT molecular complexity index is 194. The van der Waals surface area contributed by atoms with Crippen molar-refractivity contribution in [1.29, 1.82) is 0 Å². The summed E-state index contributed by atoms with van der Waals surface area (Å²) >= 11 is 0. The average Bonchev–Trinajstić information content (AvgIpc) is 2.59. The van der Waals surface area contributed by atoms with Gasteiger partial charge in [0.05, 0.1) is 0 Å². The molecule has 2 nitrogen and oxygen atoms in total. The third-order valence-electron chi connectivity index (χ3n) is 3.11. The Morgan fingerprint density at radius 1 is 1.47 bits per heavy atom. The summed E-state index contributed by atoms with van der Waals surface area (Å²) in [6, 6.07) is -1.25. The van der Waals surface area contributed by atoms with Gasteiger partial charge in [0, 0.05) is 6.04 Å². The van der Waals surface area contributed by atoms with Crippen LogP contribution < -0.4 is 5.73 Å². The number of halogens is 3. The predicted molar refractivity (Wildman–Crippen MR) is 53.5 cm³/mol. The Morgan fingerprint density at radius 3 is 2.60 bits per heavy atom. The van der Waals surface area contributed by atoms with E-state index in [0.29, 0.717) is 6.54 Å². The van der Waals surface area contributed by atoms with Crippen molar-refractivity contribution in [1.82, 2.24) is 4.90 Å². The molecule has 2 unspecified atom stereocenters. The summed E-state index contributed by atoms with van der Waals surface area (Å²) in [5, 5.41) is 0. The van der Waals surface area contributed by atoms with Crippen molar-refractivity contribution in [2.75, 3.05) is 13.1 Å². The first-order valence-electron chi connectivity index (χ1n) is 5.53. The molecule has 90 valence electrons. The van der Waals surface area contributed by atoms with E-state index in [9.17, 15) is 13.2 Å². The van der Waals surface area contributed by atoms with Gasteiger partial charge in [0.2, 0.25) is 0 Å². The zero-order valence-corrected chi connectivity index (χ0v) is 9.06. The van der Waals surface area contributed by atoms with Crippen LogP contribution in [0, 0.1) is 0 Å². The molecule has 0 aromatic rings. The summed E-state index contributed by atoms with van der Waals surface area (Å²) in [6.07, 6.45) is -1.59. The van der Waals surface area contributed by atoms with Crippen LogP contribution in [0.5, 0.6) is 0 Å². The van der Waals surface area contributed by atoms with E-state index in [1.165, 1.54) is 0 Å². The Labute approximate surface area is 88.6 Å². The standard InChI is InChI=1S/C10H19F3N2/c1-2-8-4-3-7-15(8)9(5-6-14)10(11,12)13/h8-9H,2-7,14H2,1H3. The summed E-state index contributed by atoms with van der Waals surface area (Å²) in [4.78, 5) is 1.59. The normalized spacial score (nSPS) is 25.8. The number of nitrogens with two attached hydrogens (primary N) is 1. The van der Waals surface area contributed by atoms with E-state index in [1.807, 2.05) is 6.92 Å². The van der Waals surface area contributed by atoms with Crippen molar-refractivity contribution in [2.45, 2.75) is 50.9 Å². The minimum Gasteiger partial charge on any atom is -0.330 e. The van der Waals surface area contributed by atoms with Crippen molar-refractivity contribution in [3.05, 3.63) is 0 Å². The molecular weight excluding hydrogens is 205 g/mol. The van der Waals surface area contributed by atoms with E-state index >= 15 is 0 Å². The van der Waals surface area contributed by atoms with Gasteiger partial charge >= 0.3 is 6.18 Å². The highest BCUT2D eigenvalue weighted by atomic mass is 19.4. The average molecular weight is 224 g/mol. The summed E-state index contributed by atoms with van der Waals surface area (Å²) in [5.41, 5.74) is 5.25. The van der Waals surface area contributed by atoms with Gasteiger partial charge < -0.3 is 5.73 Å². The molecule has 1 heterocycles. The SMILES string of the molecule is CCC1CCCN1C(CCN)C(F)(F)F. The van der Waals surface area contributed by atoms with E-state index < -0.39 is 12.2 Å². The second kappa shape index (κ2) is 5.16. The molecule has 1 rings (SSSR count). The third-order valence-corrected chi connectivity index (χ3v) is 3.11. The van der Waals surface area contributed by atoms with Crippen molar-refractivity contribution in [2.24, 2.45) is 5.73 Å². The molecule has 0 spiro atoms. The molecule has 2 N–H and O–H groups in total. The Hall–Kier alpha value is -0.290. The molecule has 1 fully saturated rings. The maximum atomic E-state index is 12.8. The highest BCUT2D eigenvalue weighted by molar-refractivity contribution is 4.88. The molecule has 0 radical (unpaired) electrons. The lowest BCUT2D eigenvalue weighted by atomic mass is 10.1. The Balaban J connectivity index is 2.70. The summed E-state index contributed by atoms with van der Waals surface area (Å²) in [5.74, 6) is 0. The largest absolute Gasteiger partial charge is 0.404 e. The zero-order chi connectivity index (χ0) is 11.5. The zero-order valence-electron chi connectivity index (χ0n) is 9.06.